The van der Waals surface area contributed by atoms with Gasteiger partial charge in [-0.1, -0.05) is 51.8 Å². The van der Waals surface area contributed by atoms with Gasteiger partial charge in [-0.3, -0.25) is 14.6 Å². The zero-order valence-corrected chi connectivity index (χ0v) is 18.7. The highest BCUT2D eigenvalue weighted by atomic mass is 16.3. The number of aliphatic hydroxyl groups excluding tert-OH is 1. The summed E-state index contributed by atoms with van der Waals surface area (Å²) >= 11 is 0. The lowest BCUT2D eigenvalue weighted by atomic mass is 9.84. The first-order valence-electron chi connectivity index (χ1n) is 11.0. The Labute approximate surface area is 183 Å². The molecule has 1 saturated heterocycles. The fraction of sp³-hybridized carbons (Fsp3) is 0.423. The van der Waals surface area contributed by atoms with Gasteiger partial charge in [0.15, 0.2) is 0 Å². The predicted octanol–water partition coefficient (Wildman–Crippen LogP) is 5.05. The van der Waals surface area contributed by atoms with Gasteiger partial charge >= 0.3 is 0 Å². The number of hydrogen-bond acceptors (Lipinski definition) is 4. The van der Waals surface area contributed by atoms with E-state index in [2.05, 4.69) is 25.8 Å². The van der Waals surface area contributed by atoms with Crippen LogP contribution in [0.25, 0.3) is 5.76 Å². The first-order valence-corrected chi connectivity index (χ1v) is 11.0. The van der Waals surface area contributed by atoms with Gasteiger partial charge in [-0.25, -0.2) is 0 Å². The highest BCUT2D eigenvalue weighted by Gasteiger charge is 2.49. The van der Waals surface area contributed by atoms with Crippen LogP contribution in [0.3, 0.4) is 0 Å². The van der Waals surface area contributed by atoms with Gasteiger partial charge in [0.1, 0.15) is 11.8 Å². The number of likely N-dealkylation sites (tertiary alicyclic amines) is 1. The molecule has 1 amide bonds. The summed E-state index contributed by atoms with van der Waals surface area (Å²) in [7, 11) is 0. The molecule has 1 aromatic carbocycles. The molecule has 0 bridgehead atoms. The Hall–Kier alpha value is -2.95. The number of aryl methyl sites for hydroxylation is 1. The van der Waals surface area contributed by atoms with E-state index < -0.39 is 17.7 Å². The van der Waals surface area contributed by atoms with Gasteiger partial charge < -0.3 is 10.0 Å². The molecule has 5 heteroatoms. The number of hydrogen-bond donors (Lipinski definition) is 1. The Balaban J connectivity index is 1.91. The van der Waals surface area contributed by atoms with Crippen molar-refractivity contribution in [3.8, 4) is 0 Å². The van der Waals surface area contributed by atoms with Crippen LogP contribution in [-0.2, 0) is 15.0 Å². The molecule has 1 saturated carbocycles. The molecule has 5 nitrogen and oxygen atoms in total. The molecule has 31 heavy (non-hydrogen) atoms. The summed E-state index contributed by atoms with van der Waals surface area (Å²) in [5, 5.41) is 11.4. The topological polar surface area (TPSA) is 70.5 Å². The molecule has 0 radical (unpaired) electrons. The van der Waals surface area contributed by atoms with Gasteiger partial charge in [0, 0.05) is 17.8 Å². The second-order valence-corrected chi connectivity index (χ2v) is 9.68. The summed E-state index contributed by atoms with van der Waals surface area (Å²) in [5.74, 6) is -1.27. The lowest BCUT2D eigenvalue weighted by Crippen LogP contribution is -2.37. The summed E-state index contributed by atoms with van der Waals surface area (Å²) in [5.41, 5.74) is 3.15. The lowest BCUT2D eigenvalue weighted by Gasteiger charge is -2.30. The van der Waals surface area contributed by atoms with E-state index in [1.165, 1.54) is 0 Å². The van der Waals surface area contributed by atoms with Crippen molar-refractivity contribution < 1.29 is 14.7 Å². The van der Waals surface area contributed by atoms with Crippen molar-refractivity contribution in [2.45, 2.75) is 70.9 Å². The second-order valence-electron chi connectivity index (χ2n) is 9.68. The summed E-state index contributed by atoms with van der Waals surface area (Å²) in [4.78, 5) is 32.5. The molecule has 1 aliphatic carbocycles. The molecule has 1 unspecified atom stereocenters. The normalized spacial score (nSPS) is 21.8. The van der Waals surface area contributed by atoms with E-state index in [0.717, 1.165) is 36.8 Å². The monoisotopic (exact) mass is 418 g/mol. The largest absolute Gasteiger partial charge is 0.507 e. The number of aliphatic hydroxyl groups is 1. The number of Topliss-reactive ketones (excluding diaryl/α,β-unsaturated/α-hetero) is 1. The number of carbonyl (C=O) groups excluding carboxylic acids is 2. The molecule has 1 aliphatic heterocycles. The predicted molar refractivity (Wildman–Crippen MR) is 121 cm³/mol. The molecule has 0 spiro atoms. The van der Waals surface area contributed by atoms with Gasteiger partial charge in [0.2, 0.25) is 0 Å². The average Bonchev–Trinajstić information content (AvgIpc) is 3.35. The summed E-state index contributed by atoms with van der Waals surface area (Å²) in [6, 6.07) is 10.7. The second kappa shape index (κ2) is 7.95. The van der Waals surface area contributed by atoms with E-state index in [1.807, 2.05) is 43.3 Å². The minimum atomic E-state index is -0.665. The van der Waals surface area contributed by atoms with Crippen LogP contribution in [0, 0.1) is 6.92 Å². The number of rotatable bonds is 3. The third-order valence-electron chi connectivity index (χ3n) is 6.52. The van der Waals surface area contributed by atoms with Gasteiger partial charge in [-0.15, -0.1) is 0 Å². The molecule has 2 fully saturated rings. The molecule has 4 rings (SSSR count). The first kappa shape index (κ1) is 21.3. The average molecular weight is 419 g/mol. The molecular formula is C26H30N2O3. The van der Waals surface area contributed by atoms with Crippen molar-refractivity contribution in [3.05, 3.63) is 70.6 Å². The maximum absolute atomic E-state index is 13.2. The van der Waals surface area contributed by atoms with Crippen molar-refractivity contribution in [2.24, 2.45) is 0 Å². The van der Waals surface area contributed by atoms with Gasteiger partial charge in [0.25, 0.3) is 11.7 Å². The maximum Gasteiger partial charge on any atom is 0.295 e. The number of carbonyl (C=O) groups is 2. The van der Waals surface area contributed by atoms with E-state index in [-0.39, 0.29) is 22.8 Å². The van der Waals surface area contributed by atoms with E-state index in [0.29, 0.717) is 11.3 Å². The molecule has 2 aromatic rings. The summed E-state index contributed by atoms with van der Waals surface area (Å²) in [6.45, 7) is 8.22. The van der Waals surface area contributed by atoms with Crippen LogP contribution < -0.4 is 0 Å². The zero-order chi connectivity index (χ0) is 22.3. The third kappa shape index (κ3) is 3.78. The number of benzene rings is 1. The minimum absolute atomic E-state index is 0.00392. The van der Waals surface area contributed by atoms with Crippen molar-refractivity contribution in [3.63, 3.8) is 0 Å². The lowest BCUT2D eigenvalue weighted by molar-refractivity contribution is -0.141. The Bertz CT molecular complexity index is 1040. The van der Waals surface area contributed by atoms with E-state index in [1.54, 1.807) is 11.1 Å². The number of aromatic nitrogens is 1. The summed E-state index contributed by atoms with van der Waals surface area (Å²) in [6.07, 6.45) is 5.48. The molecule has 1 aromatic heterocycles. The SMILES string of the molecule is Cc1ccc(C(C)(C)C)cc1/C(O)=C1\C(=O)C(=O)N(C2CCCC2)C1c1ccccn1. The fourth-order valence-corrected chi connectivity index (χ4v) is 4.73. The van der Waals surface area contributed by atoms with Gasteiger partial charge in [0.05, 0.1) is 11.3 Å². The molecule has 2 heterocycles. The molecule has 162 valence electrons. The summed E-state index contributed by atoms with van der Waals surface area (Å²) < 4.78 is 0. The fourth-order valence-electron chi connectivity index (χ4n) is 4.73. The highest BCUT2D eigenvalue weighted by molar-refractivity contribution is 6.46. The Morgan fingerprint density at radius 3 is 2.42 bits per heavy atom. The highest BCUT2D eigenvalue weighted by Crippen LogP contribution is 2.43. The minimum Gasteiger partial charge on any atom is -0.507 e. The smallest absolute Gasteiger partial charge is 0.295 e. The zero-order valence-electron chi connectivity index (χ0n) is 18.7. The Morgan fingerprint density at radius 1 is 1.10 bits per heavy atom. The first-order chi connectivity index (χ1) is 14.7. The van der Waals surface area contributed by atoms with Gasteiger partial charge in [-0.2, -0.15) is 0 Å². The molecule has 2 aliphatic rings. The van der Waals surface area contributed by atoms with E-state index >= 15 is 0 Å². The van der Waals surface area contributed by atoms with E-state index in [9.17, 15) is 14.7 Å². The number of ketones is 1. The van der Waals surface area contributed by atoms with E-state index in [4.69, 9.17) is 0 Å². The van der Waals surface area contributed by atoms with Crippen LogP contribution in [0.4, 0.5) is 0 Å². The molecular weight excluding hydrogens is 388 g/mol. The van der Waals surface area contributed by atoms with Crippen LogP contribution in [0.2, 0.25) is 0 Å². The van der Waals surface area contributed by atoms with Crippen molar-refractivity contribution in [1.82, 2.24) is 9.88 Å². The Morgan fingerprint density at radius 2 is 1.81 bits per heavy atom. The van der Waals surface area contributed by atoms with Crippen LogP contribution in [0.5, 0.6) is 0 Å². The standard InChI is InChI=1S/C26H30N2O3/c1-16-12-13-17(26(2,3)4)15-19(16)23(29)21-22(20-11-7-8-14-27-20)28(25(31)24(21)30)18-9-5-6-10-18/h7-8,11-15,18,22,29H,5-6,9-10H2,1-4H3/b23-21+. The van der Waals surface area contributed by atoms with Crippen LogP contribution in [0.15, 0.2) is 48.2 Å². The third-order valence-corrected chi connectivity index (χ3v) is 6.52. The van der Waals surface area contributed by atoms with Crippen LogP contribution >= 0.6 is 0 Å². The quantitative estimate of drug-likeness (QED) is 0.430. The number of nitrogens with zero attached hydrogens (tertiary/aromatic N) is 2. The van der Waals surface area contributed by atoms with Crippen molar-refractivity contribution >= 4 is 17.4 Å². The molecule has 1 atom stereocenters. The number of amides is 1. The van der Waals surface area contributed by atoms with Crippen LogP contribution in [0.1, 0.15) is 74.9 Å². The Kier molecular flexibility index (Phi) is 5.46. The van der Waals surface area contributed by atoms with Gasteiger partial charge in [-0.05, 0) is 54.5 Å². The van der Waals surface area contributed by atoms with Crippen molar-refractivity contribution in [1.29, 1.82) is 0 Å². The molecule has 1 N–H and O–H groups in total. The maximum atomic E-state index is 13.2. The van der Waals surface area contributed by atoms with Crippen molar-refractivity contribution in [2.75, 3.05) is 0 Å². The number of pyridine rings is 1. The van der Waals surface area contributed by atoms with Crippen LogP contribution in [-0.4, -0.2) is 32.7 Å².